The van der Waals surface area contributed by atoms with Crippen LogP contribution in [0.3, 0.4) is 0 Å². The van der Waals surface area contributed by atoms with Crippen LogP contribution >= 0.6 is 0 Å². The fourth-order valence-electron chi connectivity index (χ4n) is 8.15. The van der Waals surface area contributed by atoms with Gasteiger partial charge >= 0.3 is 40.8 Å². The van der Waals surface area contributed by atoms with Crippen LogP contribution in [0.15, 0.2) is 170 Å². The third kappa shape index (κ3) is 8.44. The predicted molar refractivity (Wildman–Crippen MR) is 248 cm³/mol. The average molecular weight is 1030 g/mol. The van der Waals surface area contributed by atoms with Crippen LogP contribution in [0.25, 0.3) is 50.3 Å². The van der Waals surface area contributed by atoms with E-state index in [0.29, 0.717) is 45.9 Å². The van der Waals surface area contributed by atoms with E-state index < -0.39 is 0 Å². The minimum atomic E-state index is 0. The van der Waals surface area contributed by atoms with Crippen LogP contribution in [0, 0.1) is 30.2 Å². The molecule has 65 heavy (non-hydrogen) atoms. The maximum absolute atomic E-state index is 6.44. The Kier molecular flexibility index (Phi) is 12.4. The van der Waals surface area contributed by atoms with E-state index in [0.717, 1.165) is 68.3 Å². The Labute approximate surface area is 404 Å². The first-order chi connectivity index (χ1) is 31.0. The number of nitrogens with zero attached hydrogens (tertiary/aromatic N) is 7. The Morgan fingerprint density at radius 2 is 0.938 bits per heavy atom. The quantitative estimate of drug-likeness (QED) is 0.0990. The summed E-state index contributed by atoms with van der Waals surface area (Å²) in [5, 5.41) is 1.85. The van der Waals surface area contributed by atoms with Gasteiger partial charge in [-0.15, -0.1) is 71.8 Å². The molecule has 0 N–H and O–H groups in total. The predicted octanol–water partition coefficient (Wildman–Crippen LogP) is 13.1. The Balaban J connectivity index is 0.00000266. The molecule has 320 valence electrons. The Hall–Kier alpha value is -6.98. The number of fused-ring (bicyclic) bond motifs is 5. The van der Waals surface area contributed by atoms with Crippen molar-refractivity contribution in [2.75, 3.05) is 16.3 Å². The van der Waals surface area contributed by atoms with Crippen LogP contribution in [-0.4, -0.2) is 31.0 Å². The summed E-state index contributed by atoms with van der Waals surface area (Å²) in [7, 11) is 0. The van der Waals surface area contributed by atoms with Gasteiger partial charge in [0.25, 0.3) is 0 Å². The molecular formula is C54H37N7O2Pd2. The summed E-state index contributed by atoms with van der Waals surface area (Å²) in [6, 6.07) is 61.8. The Bertz CT molecular complexity index is 3080. The van der Waals surface area contributed by atoms with Gasteiger partial charge in [-0.1, -0.05) is 85.5 Å². The van der Waals surface area contributed by atoms with Crippen LogP contribution < -0.4 is 19.3 Å². The first-order valence-electron chi connectivity index (χ1n) is 20.8. The SMILES string of the molecule is CC(C)CN1c2ccccc2N(c2cnc(-n3c4[c-]c(Oc5[c-]c(-c6ccccn6)ccc5)ccc4c4ccc(Oc5[c-]c(-c6ccccn6)ccc5)[c-]c43)nc2)c2ccccc21.[Pd+2].[Pd+2]. The van der Waals surface area contributed by atoms with E-state index in [2.05, 4.69) is 106 Å². The van der Waals surface area contributed by atoms with Crippen molar-refractivity contribution in [3.63, 3.8) is 0 Å². The van der Waals surface area contributed by atoms with Gasteiger partial charge in [-0.3, -0.25) is 0 Å². The molecule has 9 nitrogen and oxygen atoms in total. The molecule has 5 heterocycles. The van der Waals surface area contributed by atoms with E-state index in [1.165, 1.54) is 0 Å². The number of rotatable bonds is 10. The van der Waals surface area contributed by atoms with Gasteiger partial charge in [-0.05, 0) is 53.7 Å². The average Bonchev–Trinajstić information content (AvgIpc) is 3.65. The maximum Gasteiger partial charge on any atom is 2.00 e. The molecule has 0 amide bonds. The first-order valence-corrected chi connectivity index (χ1v) is 20.8. The van der Waals surface area contributed by atoms with Gasteiger partial charge < -0.3 is 33.8 Å². The number of hydrogen-bond acceptors (Lipinski definition) is 8. The molecule has 0 unspecified atom stereocenters. The number of pyridine rings is 2. The zero-order chi connectivity index (χ0) is 42.3. The van der Waals surface area contributed by atoms with Crippen LogP contribution in [0.1, 0.15) is 13.8 Å². The van der Waals surface area contributed by atoms with Crippen LogP contribution in [-0.2, 0) is 40.8 Å². The third-order valence-corrected chi connectivity index (χ3v) is 10.8. The monoisotopic (exact) mass is 1030 g/mol. The molecule has 0 saturated heterocycles. The van der Waals surface area contributed by atoms with Crippen LogP contribution in [0.5, 0.6) is 23.0 Å². The molecule has 11 heteroatoms. The molecule has 6 aromatic carbocycles. The third-order valence-electron chi connectivity index (χ3n) is 10.8. The fourth-order valence-corrected chi connectivity index (χ4v) is 8.15. The summed E-state index contributed by atoms with van der Waals surface area (Å²) in [4.78, 5) is 23.8. The van der Waals surface area contributed by atoms with Gasteiger partial charge in [0.2, 0.25) is 5.95 Å². The molecule has 0 saturated carbocycles. The Morgan fingerprint density at radius 3 is 1.40 bits per heavy atom. The molecule has 11 rings (SSSR count). The second kappa shape index (κ2) is 18.6. The standard InChI is InChI=1S/C54H37N7O2.2Pd/c1-36(2)35-59-48-19-3-5-21-50(48)60(51-22-6-4-20-49(51)59)39-33-57-54(58-34-39)61-52-31-42(62-40-15-11-13-37(29-40)46-17-7-9-27-55-46)23-25-44(52)45-26-24-43(32-53(45)61)63-41-16-12-14-38(30-41)47-18-8-10-28-56-47;;/h3-28,33-34,36H,35H2,1-2H3;;/q-4;2*+2. The molecule has 0 atom stereocenters. The number of aromatic nitrogens is 5. The van der Waals surface area contributed by atoms with Crippen molar-refractivity contribution < 1.29 is 50.3 Å². The molecule has 0 bridgehead atoms. The minimum absolute atomic E-state index is 0. The van der Waals surface area contributed by atoms with Gasteiger partial charge in [-0.25, -0.2) is 9.97 Å². The van der Waals surface area contributed by atoms with Crippen molar-refractivity contribution in [1.82, 2.24) is 24.5 Å². The molecule has 10 aromatic rings. The van der Waals surface area contributed by atoms with Crippen LogP contribution in [0.4, 0.5) is 28.4 Å². The zero-order valence-electron chi connectivity index (χ0n) is 35.0. The van der Waals surface area contributed by atoms with E-state index in [1.54, 1.807) is 12.4 Å². The van der Waals surface area contributed by atoms with Gasteiger partial charge in [0, 0.05) is 41.9 Å². The maximum atomic E-state index is 6.44. The molecule has 1 aliphatic rings. The Morgan fingerprint density at radius 1 is 0.477 bits per heavy atom. The number of para-hydroxylation sites is 4. The van der Waals surface area contributed by atoms with Gasteiger partial charge in [0.15, 0.2) is 0 Å². The van der Waals surface area contributed by atoms with Gasteiger partial charge in [0.05, 0.1) is 40.8 Å². The van der Waals surface area contributed by atoms with Crippen molar-refractivity contribution in [2.24, 2.45) is 5.92 Å². The van der Waals surface area contributed by atoms with E-state index in [9.17, 15) is 0 Å². The fraction of sp³-hybridized carbons (Fsp3) is 0.0741. The van der Waals surface area contributed by atoms with Crippen molar-refractivity contribution in [1.29, 1.82) is 0 Å². The summed E-state index contributed by atoms with van der Waals surface area (Å²) in [5.74, 6) is 2.98. The molecular weight excluding hydrogens is 991 g/mol. The molecule has 0 spiro atoms. The second-order valence-electron chi connectivity index (χ2n) is 15.6. The van der Waals surface area contributed by atoms with E-state index in [1.807, 2.05) is 114 Å². The van der Waals surface area contributed by atoms with E-state index in [4.69, 9.17) is 19.4 Å². The molecule has 0 radical (unpaired) electrons. The summed E-state index contributed by atoms with van der Waals surface area (Å²) in [6.45, 7) is 5.38. The molecule has 4 aromatic heterocycles. The number of benzene rings is 6. The summed E-state index contributed by atoms with van der Waals surface area (Å²) >= 11 is 0. The van der Waals surface area contributed by atoms with Crippen molar-refractivity contribution in [2.45, 2.75) is 13.8 Å². The number of hydrogen-bond donors (Lipinski definition) is 0. The smallest absolute Gasteiger partial charge is 0.503 e. The molecule has 1 aliphatic heterocycles. The molecule has 0 fully saturated rings. The van der Waals surface area contributed by atoms with E-state index >= 15 is 0 Å². The topological polar surface area (TPSA) is 81.4 Å². The summed E-state index contributed by atoms with van der Waals surface area (Å²) in [6.07, 6.45) is 7.29. The normalized spacial score (nSPS) is 11.7. The summed E-state index contributed by atoms with van der Waals surface area (Å²) < 4.78 is 14.8. The zero-order valence-corrected chi connectivity index (χ0v) is 38.1. The molecule has 0 aliphatic carbocycles. The van der Waals surface area contributed by atoms with Crippen molar-refractivity contribution in [3.8, 4) is 51.5 Å². The summed E-state index contributed by atoms with van der Waals surface area (Å²) in [5.41, 5.74) is 9.91. The van der Waals surface area contributed by atoms with E-state index in [-0.39, 0.29) is 40.8 Å². The second-order valence-corrected chi connectivity index (χ2v) is 15.6. The largest absolute Gasteiger partial charge is 2.00 e. The number of anilines is 5. The van der Waals surface area contributed by atoms with Gasteiger partial charge in [0.1, 0.15) is 0 Å². The van der Waals surface area contributed by atoms with Crippen molar-refractivity contribution >= 4 is 50.2 Å². The van der Waals surface area contributed by atoms with Crippen molar-refractivity contribution in [3.05, 3.63) is 195 Å². The number of ether oxygens (including phenoxy) is 2. The van der Waals surface area contributed by atoms with Gasteiger partial charge in [-0.2, -0.15) is 22.9 Å². The van der Waals surface area contributed by atoms with Crippen LogP contribution in [0.2, 0.25) is 0 Å². The first kappa shape index (κ1) is 43.3. The minimum Gasteiger partial charge on any atom is -0.503 e.